The molecule has 0 bridgehead atoms. The number of nitrogens with one attached hydrogen (secondary N) is 1. The van der Waals surface area contributed by atoms with Crippen molar-refractivity contribution in [3.63, 3.8) is 0 Å². The van der Waals surface area contributed by atoms with Crippen molar-refractivity contribution >= 4 is 24.1 Å². The SMILES string of the molecule is Cl.O=C(Nc1cc(F)ccn1)c1ccccc1. The van der Waals surface area contributed by atoms with Gasteiger partial charge in [0.2, 0.25) is 0 Å². The number of halogens is 2. The zero-order valence-electron chi connectivity index (χ0n) is 8.76. The summed E-state index contributed by atoms with van der Waals surface area (Å²) in [6.07, 6.45) is 1.30. The van der Waals surface area contributed by atoms with Gasteiger partial charge in [-0.05, 0) is 18.2 Å². The summed E-state index contributed by atoms with van der Waals surface area (Å²) in [5, 5.41) is 2.51. The fraction of sp³-hybridized carbons (Fsp3) is 0. The van der Waals surface area contributed by atoms with E-state index >= 15 is 0 Å². The van der Waals surface area contributed by atoms with E-state index in [1.54, 1.807) is 24.3 Å². The molecule has 3 nitrogen and oxygen atoms in total. The number of amides is 1. The number of hydrogen-bond donors (Lipinski definition) is 1. The molecular weight excluding hydrogens is 243 g/mol. The van der Waals surface area contributed by atoms with Gasteiger partial charge in [0.1, 0.15) is 11.6 Å². The molecule has 0 saturated carbocycles. The lowest BCUT2D eigenvalue weighted by Crippen LogP contribution is -2.12. The van der Waals surface area contributed by atoms with E-state index in [1.165, 1.54) is 18.3 Å². The lowest BCUT2D eigenvalue weighted by atomic mass is 10.2. The molecule has 0 aliphatic rings. The maximum Gasteiger partial charge on any atom is 0.256 e. The molecule has 0 spiro atoms. The summed E-state index contributed by atoms with van der Waals surface area (Å²) in [5.41, 5.74) is 0.508. The first-order chi connectivity index (χ1) is 7.75. The van der Waals surface area contributed by atoms with Crippen molar-refractivity contribution in [2.75, 3.05) is 5.32 Å². The summed E-state index contributed by atoms with van der Waals surface area (Å²) < 4.78 is 12.8. The van der Waals surface area contributed by atoms with E-state index in [1.807, 2.05) is 6.07 Å². The van der Waals surface area contributed by atoms with Gasteiger partial charge < -0.3 is 5.32 Å². The van der Waals surface area contributed by atoms with E-state index < -0.39 is 5.82 Å². The molecule has 0 aliphatic heterocycles. The van der Waals surface area contributed by atoms with E-state index in [0.717, 1.165) is 0 Å². The monoisotopic (exact) mass is 252 g/mol. The highest BCUT2D eigenvalue weighted by atomic mass is 35.5. The van der Waals surface area contributed by atoms with Crippen LogP contribution in [0.1, 0.15) is 10.4 Å². The molecule has 0 aliphatic carbocycles. The normalized spacial score (nSPS) is 9.24. The number of pyridine rings is 1. The van der Waals surface area contributed by atoms with Gasteiger partial charge in [0.05, 0.1) is 0 Å². The first-order valence-electron chi connectivity index (χ1n) is 4.73. The number of anilines is 1. The molecule has 1 aromatic carbocycles. The van der Waals surface area contributed by atoms with Crippen molar-refractivity contribution in [1.82, 2.24) is 4.98 Å². The van der Waals surface area contributed by atoms with E-state index in [2.05, 4.69) is 10.3 Å². The number of carbonyl (C=O) groups excluding carboxylic acids is 1. The third-order valence-electron chi connectivity index (χ3n) is 2.00. The molecule has 0 saturated heterocycles. The minimum Gasteiger partial charge on any atom is -0.306 e. The lowest BCUT2D eigenvalue weighted by Gasteiger charge is -2.03. The van der Waals surface area contributed by atoms with Crippen molar-refractivity contribution in [2.24, 2.45) is 0 Å². The van der Waals surface area contributed by atoms with Gasteiger partial charge in [-0.15, -0.1) is 12.4 Å². The van der Waals surface area contributed by atoms with Crippen LogP contribution in [0.3, 0.4) is 0 Å². The Kier molecular flexibility index (Phi) is 4.60. The summed E-state index contributed by atoms with van der Waals surface area (Å²) in [4.78, 5) is 15.5. The first-order valence-corrected chi connectivity index (χ1v) is 4.73. The average molecular weight is 253 g/mol. The van der Waals surface area contributed by atoms with Crippen LogP contribution < -0.4 is 5.32 Å². The third-order valence-corrected chi connectivity index (χ3v) is 2.00. The van der Waals surface area contributed by atoms with Crippen molar-refractivity contribution < 1.29 is 9.18 Å². The quantitative estimate of drug-likeness (QED) is 0.893. The van der Waals surface area contributed by atoms with Crippen LogP contribution >= 0.6 is 12.4 Å². The fourth-order valence-corrected chi connectivity index (χ4v) is 1.25. The topological polar surface area (TPSA) is 42.0 Å². The van der Waals surface area contributed by atoms with Crippen LogP contribution in [-0.2, 0) is 0 Å². The summed E-state index contributed by atoms with van der Waals surface area (Å²) in [5.74, 6) is -0.536. The molecular formula is C12H10ClFN2O. The smallest absolute Gasteiger partial charge is 0.256 e. The van der Waals surface area contributed by atoms with E-state index in [-0.39, 0.29) is 24.1 Å². The van der Waals surface area contributed by atoms with Gasteiger partial charge in [-0.1, -0.05) is 18.2 Å². The molecule has 17 heavy (non-hydrogen) atoms. The zero-order chi connectivity index (χ0) is 11.4. The first kappa shape index (κ1) is 13.1. The molecule has 0 atom stereocenters. The predicted octanol–water partition coefficient (Wildman–Crippen LogP) is 2.89. The van der Waals surface area contributed by atoms with Crippen molar-refractivity contribution in [3.05, 3.63) is 60.0 Å². The Labute approximate surface area is 104 Å². The standard InChI is InChI=1S/C12H9FN2O.ClH/c13-10-6-7-14-11(8-10)15-12(16)9-4-2-1-3-5-9;/h1-8H,(H,14,15,16);1H. The van der Waals surface area contributed by atoms with Gasteiger partial charge in [0.15, 0.2) is 0 Å². The van der Waals surface area contributed by atoms with Crippen LogP contribution in [0, 0.1) is 5.82 Å². The average Bonchev–Trinajstić information content (AvgIpc) is 2.30. The largest absolute Gasteiger partial charge is 0.306 e. The summed E-state index contributed by atoms with van der Waals surface area (Å²) in [6.45, 7) is 0. The molecule has 1 N–H and O–H groups in total. The molecule has 0 unspecified atom stereocenters. The maximum absolute atomic E-state index is 12.8. The number of benzene rings is 1. The Morgan fingerprint density at radius 2 is 1.88 bits per heavy atom. The summed E-state index contributed by atoms with van der Waals surface area (Å²) >= 11 is 0. The minimum absolute atomic E-state index is 0. The van der Waals surface area contributed by atoms with Crippen LogP contribution in [0.2, 0.25) is 0 Å². The minimum atomic E-state index is -0.432. The highest BCUT2D eigenvalue weighted by Gasteiger charge is 2.05. The number of carbonyl (C=O) groups is 1. The molecule has 2 rings (SSSR count). The van der Waals surface area contributed by atoms with Gasteiger partial charge in [-0.2, -0.15) is 0 Å². The van der Waals surface area contributed by atoms with E-state index in [0.29, 0.717) is 5.56 Å². The Morgan fingerprint density at radius 1 is 1.18 bits per heavy atom. The molecule has 1 heterocycles. The number of aromatic nitrogens is 1. The Balaban J connectivity index is 0.00000144. The number of hydrogen-bond acceptors (Lipinski definition) is 2. The fourth-order valence-electron chi connectivity index (χ4n) is 1.25. The highest BCUT2D eigenvalue weighted by Crippen LogP contribution is 2.07. The second-order valence-corrected chi connectivity index (χ2v) is 3.18. The third kappa shape index (κ3) is 3.53. The van der Waals surface area contributed by atoms with Crippen LogP contribution in [0.15, 0.2) is 48.7 Å². The Bertz CT molecular complexity index is 505. The van der Waals surface area contributed by atoms with Gasteiger partial charge in [0, 0.05) is 17.8 Å². The van der Waals surface area contributed by atoms with E-state index in [9.17, 15) is 9.18 Å². The Hall–Kier alpha value is -1.94. The molecule has 5 heteroatoms. The van der Waals surface area contributed by atoms with E-state index in [4.69, 9.17) is 0 Å². The summed E-state index contributed by atoms with van der Waals surface area (Å²) in [6, 6.07) is 11.1. The molecule has 0 fully saturated rings. The highest BCUT2D eigenvalue weighted by molar-refractivity contribution is 6.03. The number of rotatable bonds is 2. The van der Waals surface area contributed by atoms with Gasteiger partial charge in [-0.3, -0.25) is 4.79 Å². The molecule has 2 aromatic rings. The van der Waals surface area contributed by atoms with Gasteiger partial charge >= 0.3 is 0 Å². The van der Waals surface area contributed by atoms with Crippen LogP contribution in [0.25, 0.3) is 0 Å². The van der Waals surface area contributed by atoms with Gasteiger partial charge in [0.25, 0.3) is 5.91 Å². The molecule has 88 valence electrons. The Morgan fingerprint density at radius 3 is 2.53 bits per heavy atom. The number of nitrogens with zero attached hydrogens (tertiary/aromatic N) is 1. The van der Waals surface area contributed by atoms with Crippen LogP contribution in [0.5, 0.6) is 0 Å². The van der Waals surface area contributed by atoms with Crippen molar-refractivity contribution in [2.45, 2.75) is 0 Å². The predicted molar refractivity (Wildman–Crippen MR) is 65.8 cm³/mol. The molecule has 1 amide bonds. The lowest BCUT2D eigenvalue weighted by molar-refractivity contribution is 0.102. The summed E-state index contributed by atoms with van der Waals surface area (Å²) in [7, 11) is 0. The van der Waals surface area contributed by atoms with Crippen LogP contribution in [0.4, 0.5) is 10.2 Å². The molecule has 1 aromatic heterocycles. The van der Waals surface area contributed by atoms with Crippen LogP contribution in [-0.4, -0.2) is 10.9 Å². The maximum atomic E-state index is 12.8. The second-order valence-electron chi connectivity index (χ2n) is 3.18. The zero-order valence-corrected chi connectivity index (χ0v) is 9.58. The second kappa shape index (κ2) is 5.96. The van der Waals surface area contributed by atoms with Gasteiger partial charge in [-0.25, -0.2) is 9.37 Å². The van der Waals surface area contributed by atoms with Crippen molar-refractivity contribution in [1.29, 1.82) is 0 Å². The molecule has 0 radical (unpaired) electrons. The van der Waals surface area contributed by atoms with Crippen molar-refractivity contribution in [3.8, 4) is 0 Å².